The van der Waals surface area contributed by atoms with Gasteiger partial charge < -0.3 is 20.9 Å². The molecule has 4 N–H and O–H groups in total. The maximum absolute atomic E-state index is 14.7. The van der Waals surface area contributed by atoms with Crippen LogP contribution in [0.1, 0.15) is 12.8 Å². The van der Waals surface area contributed by atoms with E-state index in [1.54, 1.807) is 0 Å². The molecule has 152 valence electrons. The first-order valence-corrected chi connectivity index (χ1v) is 8.54. The zero-order valence-electron chi connectivity index (χ0n) is 15.1. The van der Waals surface area contributed by atoms with Gasteiger partial charge in [0.15, 0.2) is 17.5 Å². The Labute approximate surface area is 161 Å². The topological polar surface area (TPSA) is 146 Å². The van der Waals surface area contributed by atoms with E-state index in [1.807, 2.05) is 0 Å². The number of nitrogens with zero attached hydrogens (tertiary/aromatic N) is 6. The van der Waals surface area contributed by atoms with Crippen LogP contribution >= 0.6 is 0 Å². The minimum absolute atomic E-state index is 0.0482. The van der Waals surface area contributed by atoms with Crippen LogP contribution in [-0.2, 0) is 7.05 Å². The number of benzene rings is 1. The van der Waals surface area contributed by atoms with E-state index >= 15 is 0 Å². The van der Waals surface area contributed by atoms with Crippen LogP contribution < -0.4 is 21.5 Å². The summed E-state index contributed by atoms with van der Waals surface area (Å²) in [5.41, 5.74) is 4.81. The van der Waals surface area contributed by atoms with Gasteiger partial charge in [0.2, 0.25) is 5.95 Å². The first-order valence-electron chi connectivity index (χ1n) is 8.54. The minimum Gasteiger partial charge on any atom is -0.488 e. The Morgan fingerprint density at radius 1 is 1.28 bits per heavy atom. The van der Waals surface area contributed by atoms with E-state index in [2.05, 4.69) is 25.7 Å². The van der Waals surface area contributed by atoms with Crippen LogP contribution in [0.5, 0.6) is 5.75 Å². The molecule has 1 fully saturated rings. The highest BCUT2D eigenvalue weighted by atomic mass is 19.1. The molecule has 0 aliphatic heterocycles. The number of anilines is 3. The number of hydrogen-bond donors (Lipinski definition) is 3. The number of rotatable bonds is 5. The van der Waals surface area contributed by atoms with Gasteiger partial charge in [-0.15, -0.1) is 0 Å². The van der Waals surface area contributed by atoms with E-state index in [0.29, 0.717) is 12.8 Å². The van der Waals surface area contributed by atoms with E-state index in [4.69, 9.17) is 10.5 Å². The number of aromatic nitrogens is 6. The molecule has 1 aliphatic carbocycles. The molecule has 0 radical (unpaired) electrons. The minimum atomic E-state index is -0.811. The fourth-order valence-corrected chi connectivity index (χ4v) is 2.74. The second-order valence-corrected chi connectivity index (χ2v) is 6.51. The van der Waals surface area contributed by atoms with Crippen molar-refractivity contribution in [2.24, 2.45) is 7.05 Å². The van der Waals surface area contributed by atoms with Gasteiger partial charge in [0.05, 0.1) is 18.0 Å². The fourth-order valence-electron chi connectivity index (χ4n) is 2.74. The lowest BCUT2D eigenvalue weighted by Crippen LogP contribution is -2.37. The summed E-state index contributed by atoms with van der Waals surface area (Å²) in [4.78, 5) is 19.7. The van der Waals surface area contributed by atoms with Crippen molar-refractivity contribution in [3.63, 3.8) is 0 Å². The van der Waals surface area contributed by atoms with E-state index in [0.717, 1.165) is 21.6 Å². The summed E-state index contributed by atoms with van der Waals surface area (Å²) in [7, 11) is 1.41. The van der Waals surface area contributed by atoms with E-state index in [9.17, 15) is 18.7 Å². The largest absolute Gasteiger partial charge is 0.488 e. The number of halogens is 2. The van der Waals surface area contributed by atoms with E-state index < -0.39 is 29.2 Å². The maximum atomic E-state index is 14.7. The number of tetrazole rings is 1. The monoisotopic (exact) mass is 406 g/mol. The highest BCUT2D eigenvalue weighted by Gasteiger charge is 2.30. The lowest BCUT2D eigenvalue weighted by atomic mass is 9.92. The quantitative estimate of drug-likeness (QED) is 0.543. The highest BCUT2D eigenvalue weighted by Crippen LogP contribution is 2.33. The van der Waals surface area contributed by atoms with E-state index in [1.165, 1.54) is 13.1 Å². The molecule has 0 unspecified atom stereocenters. The van der Waals surface area contributed by atoms with Gasteiger partial charge in [-0.1, -0.05) is 0 Å². The Hall–Kier alpha value is -3.61. The summed E-state index contributed by atoms with van der Waals surface area (Å²) in [5, 5.41) is 19.4. The zero-order valence-corrected chi connectivity index (χ0v) is 15.1. The van der Waals surface area contributed by atoms with Crippen LogP contribution in [-0.4, -0.2) is 47.1 Å². The number of nitrogen functional groups attached to an aromatic ring is 1. The Morgan fingerprint density at radius 2 is 2.03 bits per heavy atom. The summed E-state index contributed by atoms with van der Waals surface area (Å²) in [6.45, 7) is 0. The average Bonchev–Trinajstić information content (AvgIpc) is 2.98. The second kappa shape index (κ2) is 7.09. The Kier molecular flexibility index (Phi) is 4.58. The van der Waals surface area contributed by atoms with Gasteiger partial charge in [0.25, 0.3) is 0 Å². The molecule has 13 heteroatoms. The van der Waals surface area contributed by atoms with Crippen LogP contribution in [0, 0.1) is 11.6 Å². The van der Waals surface area contributed by atoms with Crippen molar-refractivity contribution in [3.05, 3.63) is 40.4 Å². The predicted octanol–water partition coefficient (Wildman–Crippen LogP) is 0.262. The number of aliphatic hydroxyl groups excluding tert-OH is 1. The Bertz CT molecular complexity index is 1130. The first-order chi connectivity index (χ1) is 13.8. The van der Waals surface area contributed by atoms with E-state index in [-0.39, 0.29) is 29.2 Å². The van der Waals surface area contributed by atoms with Crippen molar-refractivity contribution in [2.75, 3.05) is 11.1 Å². The van der Waals surface area contributed by atoms with Gasteiger partial charge in [-0.2, -0.15) is 14.3 Å². The number of nitrogens with two attached hydrogens (primary N) is 1. The SMILES string of the molecule is Cn1nnn(-c2cc(Nc3ncc(F)c(N)n3)c(F)cc2OC2CC(O)C2)c1=O. The van der Waals surface area contributed by atoms with Crippen molar-refractivity contribution in [2.45, 2.75) is 25.0 Å². The molecule has 1 aromatic carbocycles. The lowest BCUT2D eigenvalue weighted by molar-refractivity contribution is -0.0109. The lowest BCUT2D eigenvalue weighted by Gasteiger charge is -2.32. The summed E-state index contributed by atoms with van der Waals surface area (Å²) in [6.07, 6.45) is 0.818. The standard InChI is InChI=1S/C16H16F2N8O3/c1-25-16(28)26(24-23-25)12-5-11(21-15-20-6-10(18)14(19)22-15)9(17)4-13(12)29-8-2-7(27)3-8/h4-8,27H,2-3H2,1H3,(H3,19,20,21,22). The Morgan fingerprint density at radius 3 is 2.66 bits per heavy atom. The van der Waals surface area contributed by atoms with Gasteiger partial charge in [0, 0.05) is 26.0 Å². The number of nitrogens with one attached hydrogen (secondary N) is 1. The fraction of sp³-hybridized carbons (Fsp3) is 0.312. The third kappa shape index (κ3) is 3.59. The van der Waals surface area contributed by atoms with Gasteiger partial charge >= 0.3 is 5.69 Å². The number of ether oxygens (including phenoxy) is 1. The molecule has 11 nitrogen and oxygen atoms in total. The second-order valence-electron chi connectivity index (χ2n) is 6.51. The molecule has 0 amide bonds. The third-order valence-corrected chi connectivity index (χ3v) is 4.38. The molecule has 2 heterocycles. The van der Waals surface area contributed by atoms with Crippen molar-refractivity contribution >= 4 is 17.5 Å². The molecule has 0 bridgehead atoms. The molecule has 1 aliphatic rings. The van der Waals surface area contributed by atoms with Crippen molar-refractivity contribution < 1.29 is 18.6 Å². The smallest absolute Gasteiger partial charge is 0.368 e. The zero-order chi connectivity index (χ0) is 20.7. The van der Waals surface area contributed by atoms with Gasteiger partial charge in [0.1, 0.15) is 17.5 Å². The predicted molar refractivity (Wildman–Crippen MR) is 95.9 cm³/mol. The number of aliphatic hydroxyl groups is 1. The van der Waals surface area contributed by atoms with Crippen LogP contribution in [0.2, 0.25) is 0 Å². The first kappa shape index (κ1) is 18.7. The number of hydrogen-bond acceptors (Lipinski definition) is 9. The van der Waals surface area contributed by atoms with Gasteiger partial charge in [-0.3, -0.25) is 0 Å². The van der Waals surface area contributed by atoms with Crippen LogP contribution in [0.15, 0.2) is 23.1 Å². The number of aryl methyl sites for hydroxylation is 1. The normalized spacial score (nSPS) is 18.3. The third-order valence-electron chi connectivity index (χ3n) is 4.38. The molecule has 0 spiro atoms. The van der Waals surface area contributed by atoms with Crippen LogP contribution in [0.3, 0.4) is 0 Å². The molecule has 1 saturated carbocycles. The molecule has 0 saturated heterocycles. The van der Waals surface area contributed by atoms with Crippen molar-refractivity contribution in [3.8, 4) is 11.4 Å². The molecular formula is C16H16F2N8O3. The van der Waals surface area contributed by atoms with Crippen molar-refractivity contribution in [1.82, 2.24) is 29.8 Å². The summed E-state index contributed by atoms with van der Waals surface area (Å²) in [6, 6.07) is 2.33. The summed E-state index contributed by atoms with van der Waals surface area (Å²) >= 11 is 0. The molecule has 4 rings (SSSR count). The molecule has 3 aromatic rings. The average molecular weight is 406 g/mol. The summed E-state index contributed by atoms with van der Waals surface area (Å²) in [5.74, 6) is -2.05. The Balaban J connectivity index is 1.74. The van der Waals surface area contributed by atoms with Gasteiger partial charge in [-0.25, -0.2) is 18.6 Å². The van der Waals surface area contributed by atoms with Crippen LogP contribution in [0.4, 0.5) is 26.2 Å². The highest BCUT2D eigenvalue weighted by molar-refractivity contribution is 5.63. The van der Waals surface area contributed by atoms with Crippen molar-refractivity contribution in [1.29, 1.82) is 0 Å². The van der Waals surface area contributed by atoms with Crippen LogP contribution in [0.25, 0.3) is 5.69 Å². The molecule has 29 heavy (non-hydrogen) atoms. The molecule has 2 aromatic heterocycles. The molecule has 0 atom stereocenters. The molecular weight excluding hydrogens is 390 g/mol. The maximum Gasteiger partial charge on any atom is 0.368 e. The van der Waals surface area contributed by atoms with Gasteiger partial charge in [-0.05, 0) is 16.5 Å². The summed E-state index contributed by atoms with van der Waals surface area (Å²) < 4.78 is 35.6.